The number of unbranched alkanes of at least 4 members (excludes halogenated alkanes) is 1. The number of nitrogens with zero attached hydrogens (tertiary/aromatic N) is 4. The molecule has 0 saturated heterocycles. The van der Waals surface area contributed by atoms with Gasteiger partial charge in [-0.25, -0.2) is 15.0 Å². The Morgan fingerprint density at radius 1 is 0.466 bits per heavy atom. The summed E-state index contributed by atoms with van der Waals surface area (Å²) in [6, 6.07) is 48.5. The number of rotatable bonds is 10. The van der Waals surface area contributed by atoms with E-state index in [1.165, 1.54) is 0 Å². The van der Waals surface area contributed by atoms with E-state index in [0.717, 1.165) is 114 Å². The second-order valence-corrected chi connectivity index (χ2v) is 14.5. The fourth-order valence-electron chi connectivity index (χ4n) is 7.98. The number of benzene rings is 4. The van der Waals surface area contributed by atoms with Crippen molar-refractivity contribution >= 4 is 46.4 Å². The zero-order valence-corrected chi connectivity index (χ0v) is 31.8. The summed E-state index contributed by atoms with van der Waals surface area (Å²) in [5.41, 5.74) is 15.7. The largest absolute Gasteiger partial charge is 0.494 e. The lowest BCUT2D eigenvalue weighted by atomic mass is 10.0. The summed E-state index contributed by atoms with van der Waals surface area (Å²) in [5, 5.41) is 0. The molecule has 8 aromatic rings. The van der Waals surface area contributed by atoms with Crippen molar-refractivity contribution in [2.75, 3.05) is 6.61 Å². The van der Waals surface area contributed by atoms with Gasteiger partial charge in [-0.3, -0.25) is 0 Å². The van der Waals surface area contributed by atoms with Crippen LogP contribution in [0.3, 0.4) is 0 Å². The molecular formula is C51H40N6O. The van der Waals surface area contributed by atoms with Crippen LogP contribution in [-0.4, -0.2) is 36.1 Å². The summed E-state index contributed by atoms with van der Waals surface area (Å²) in [6.45, 7) is 1.54. The smallest absolute Gasteiger partial charge is 0.119 e. The number of aromatic nitrogens is 6. The van der Waals surface area contributed by atoms with E-state index in [1.54, 1.807) is 0 Å². The average Bonchev–Trinajstić information content (AvgIpc) is 4.13. The minimum absolute atomic E-state index is 0.625. The maximum Gasteiger partial charge on any atom is 0.119 e. The lowest BCUT2D eigenvalue weighted by Gasteiger charge is -2.10. The van der Waals surface area contributed by atoms with Crippen molar-refractivity contribution in [3.05, 3.63) is 181 Å². The third kappa shape index (κ3) is 6.94. The van der Waals surface area contributed by atoms with Gasteiger partial charge in [0.25, 0.3) is 0 Å². The SMILES string of the molecule is C1=Cc2nc1c(-c1ccccc1)c1ccc([nH]1)c(-c1ccccc1)c1nc(c(-c3cccc(OCCCCn4ccnc4)c3)c3ccc([nH]3)c2-c2ccccc2)C=C1. The highest BCUT2D eigenvalue weighted by molar-refractivity contribution is 5.99. The number of imidazole rings is 1. The summed E-state index contributed by atoms with van der Waals surface area (Å²) in [4.78, 5) is 22.7. The Bertz CT molecular complexity index is 2920. The Kier molecular flexibility index (Phi) is 9.37. The monoisotopic (exact) mass is 752 g/mol. The van der Waals surface area contributed by atoms with Gasteiger partial charge in [-0.15, -0.1) is 0 Å². The number of hydrogen-bond acceptors (Lipinski definition) is 4. The highest BCUT2D eigenvalue weighted by atomic mass is 16.5. The zero-order valence-electron chi connectivity index (χ0n) is 31.8. The third-order valence-electron chi connectivity index (χ3n) is 10.7. The fourth-order valence-corrected chi connectivity index (χ4v) is 7.98. The highest BCUT2D eigenvalue weighted by Crippen LogP contribution is 2.38. The number of fused-ring (bicyclic) bond motifs is 8. The highest BCUT2D eigenvalue weighted by Gasteiger charge is 2.19. The van der Waals surface area contributed by atoms with E-state index in [9.17, 15) is 0 Å². The summed E-state index contributed by atoms with van der Waals surface area (Å²) >= 11 is 0. The van der Waals surface area contributed by atoms with E-state index in [-0.39, 0.29) is 0 Å². The molecule has 0 saturated carbocycles. The van der Waals surface area contributed by atoms with Crippen LogP contribution in [0.5, 0.6) is 5.75 Å². The molecule has 2 aliphatic rings. The number of ether oxygens (including phenoxy) is 1. The van der Waals surface area contributed by atoms with Crippen LogP contribution in [0.2, 0.25) is 0 Å². The minimum Gasteiger partial charge on any atom is -0.494 e. The molecule has 4 aromatic heterocycles. The summed E-state index contributed by atoms with van der Waals surface area (Å²) in [7, 11) is 0. The van der Waals surface area contributed by atoms with Crippen molar-refractivity contribution in [3.63, 3.8) is 0 Å². The molecule has 4 aromatic carbocycles. The van der Waals surface area contributed by atoms with Gasteiger partial charge in [0.05, 0.1) is 35.7 Å². The molecule has 0 aliphatic carbocycles. The Balaban J connectivity index is 1.22. The van der Waals surface area contributed by atoms with Gasteiger partial charge < -0.3 is 19.3 Å². The maximum absolute atomic E-state index is 6.35. The lowest BCUT2D eigenvalue weighted by Crippen LogP contribution is -2.01. The molecule has 2 aliphatic heterocycles. The molecule has 0 unspecified atom stereocenters. The van der Waals surface area contributed by atoms with Crippen LogP contribution in [0.1, 0.15) is 35.6 Å². The number of nitrogens with one attached hydrogen (secondary N) is 2. The average molecular weight is 753 g/mol. The van der Waals surface area contributed by atoms with Gasteiger partial charge in [0.15, 0.2) is 0 Å². The van der Waals surface area contributed by atoms with Gasteiger partial charge in [-0.1, -0.05) is 103 Å². The molecule has 8 bridgehead atoms. The van der Waals surface area contributed by atoms with Crippen molar-refractivity contribution in [1.82, 2.24) is 29.5 Å². The second kappa shape index (κ2) is 15.6. The molecule has 10 rings (SSSR count). The number of H-pyrrole nitrogens is 2. The van der Waals surface area contributed by atoms with Crippen molar-refractivity contribution < 1.29 is 4.74 Å². The van der Waals surface area contributed by atoms with Gasteiger partial charge in [-0.05, 0) is 95.8 Å². The summed E-state index contributed by atoms with van der Waals surface area (Å²) < 4.78 is 8.45. The van der Waals surface area contributed by atoms with Gasteiger partial charge in [-0.2, -0.15) is 0 Å². The van der Waals surface area contributed by atoms with E-state index in [4.69, 9.17) is 14.7 Å². The molecule has 0 atom stereocenters. The van der Waals surface area contributed by atoms with Crippen molar-refractivity contribution in [2.45, 2.75) is 19.4 Å². The Morgan fingerprint density at radius 2 is 0.914 bits per heavy atom. The Hall–Kier alpha value is -7.51. The van der Waals surface area contributed by atoms with E-state index in [0.29, 0.717) is 6.61 Å². The van der Waals surface area contributed by atoms with E-state index < -0.39 is 0 Å². The topological polar surface area (TPSA) is 84.4 Å². The standard InChI is InChI=1S/C51H40N6O/c1-4-13-35(14-5-1)48-40-21-23-42(53-40)49(36-15-6-2-7-16-36)44-25-27-46(55-44)51(38-19-12-20-39(33-38)58-32-11-10-30-57-31-29-52-34-57)47-28-26-45(56-47)50(37-17-8-3-9-18-37)43-24-22-41(48)54-43/h1-9,12-29,31,33-34,53,56H,10-11,30,32H2. The Labute approximate surface area is 336 Å². The molecule has 7 heteroatoms. The summed E-state index contributed by atoms with van der Waals surface area (Å²) in [5.74, 6) is 0.823. The van der Waals surface area contributed by atoms with E-state index in [2.05, 4.69) is 159 Å². The molecule has 280 valence electrons. The molecule has 6 heterocycles. The first-order valence-electron chi connectivity index (χ1n) is 19.8. The first kappa shape index (κ1) is 34.9. The number of aryl methyl sites for hydroxylation is 1. The van der Waals surface area contributed by atoms with E-state index >= 15 is 0 Å². The zero-order chi connectivity index (χ0) is 38.7. The van der Waals surface area contributed by atoms with Crippen LogP contribution in [0.25, 0.3) is 90.9 Å². The van der Waals surface area contributed by atoms with Crippen LogP contribution in [0, 0.1) is 0 Å². The second-order valence-electron chi connectivity index (χ2n) is 14.5. The molecule has 2 N–H and O–H groups in total. The molecule has 7 nitrogen and oxygen atoms in total. The fraction of sp³-hybridized carbons (Fsp3) is 0.0784. The predicted molar refractivity (Wildman–Crippen MR) is 238 cm³/mol. The quantitative estimate of drug-likeness (QED) is 0.136. The molecular weight excluding hydrogens is 713 g/mol. The molecule has 58 heavy (non-hydrogen) atoms. The summed E-state index contributed by atoms with van der Waals surface area (Å²) in [6.07, 6.45) is 16.1. The maximum atomic E-state index is 6.35. The van der Waals surface area contributed by atoms with Crippen molar-refractivity contribution in [3.8, 4) is 50.3 Å². The number of aromatic amines is 2. The first-order chi connectivity index (χ1) is 28.7. The van der Waals surface area contributed by atoms with Crippen molar-refractivity contribution in [2.24, 2.45) is 0 Å². The van der Waals surface area contributed by atoms with Crippen LogP contribution in [0.15, 0.2) is 158 Å². The lowest BCUT2D eigenvalue weighted by molar-refractivity contribution is 0.303. The van der Waals surface area contributed by atoms with E-state index in [1.807, 2.05) is 43.0 Å². The predicted octanol–water partition coefficient (Wildman–Crippen LogP) is 12.4. The Morgan fingerprint density at radius 3 is 1.36 bits per heavy atom. The van der Waals surface area contributed by atoms with Crippen LogP contribution < -0.4 is 4.74 Å². The normalized spacial score (nSPS) is 11.9. The van der Waals surface area contributed by atoms with Gasteiger partial charge >= 0.3 is 0 Å². The van der Waals surface area contributed by atoms with Gasteiger partial charge in [0.1, 0.15) is 5.75 Å². The molecule has 0 radical (unpaired) electrons. The van der Waals surface area contributed by atoms with Crippen LogP contribution in [-0.2, 0) is 6.54 Å². The number of hydrogen-bond donors (Lipinski definition) is 2. The van der Waals surface area contributed by atoms with Gasteiger partial charge in [0, 0.05) is 63.3 Å². The third-order valence-corrected chi connectivity index (χ3v) is 10.7. The molecule has 0 fully saturated rings. The van der Waals surface area contributed by atoms with Crippen LogP contribution >= 0.6 is 0 Å². The van der Waals surface area contributed by atoms with Gasteiger partial charge in [0.2, 0.25) is 0 Å². The first-order valence-corrected chi connectivity index (χ1v) is 19.8. The molecule has 0 amide bonds. The molecule has 0 spiro atoms. The van der Waals surface area contributed by atoms with Crippen molar-refractivity contribution in [1.29, 1.82) is 0 Å². The van der Waals surface area contributed by atoms with Crippen LogP contribution in [0.4, 0.5) is 0 Å². The minimum atomic E-state index is 0.625.